The topological polar surface area (TPSA) is 106 Å². The van der Waals surface area contributed by atoms with Gasteiger partial charge in [0.25, 0.3) is 0 Å². The molecule has 10 nitrogen and oxygen atoms in total. The van der Waals surface area contributed by atoms with Crippen LogP contribution in [0, 0.1) is 0 Å². The highest BCUT2D eigenvalue weighted by Gasteiger charge is 2.50. The average molecular weight is 508 g/mol. The normalized spacial score (nSPS) is 20.6. The Labute approximate surface area is 216 Å². The van der Waals surface area contributed by atoms with Crippen LogP contribution in [0.4, 0.5) is 4.79 Å². The Hall–Kier alpha value is -4.05. The fourth-order valence-electron chi connectivity index (χ4n) is 4.77. The number of urea groups is 1. The van der Waals surface area contributed by atoms with E-state index < -0.39 is 12.2 Å². The number of aliphatic hydroxyl groups is 1. The molecule has 2 N–H and O–H groups in total. The van der Waals surface area contributed by atoms with Gasteiger partial charge in [0.05, 0.1) is 26.0 Å². The van der Waals surface area contributed by atoms with Crippen molar-refractivity contribution in [3.05, 3.63) is 77.6 Å². The van der Waals surface area contributed by atoms with Gasteiger partial charge in [-0.25, -0.2) is 14.8 Å². The third kappa shape index (κ3) is 5.69. The van der Waals surface area contributed by atoms with E-state index in [1.165, 1.54) is 16.0 Å². The molecule has 2 aliphatic heterocycles. The summed E-state index contributed by atoms with van der Waals surface area (Å²) in [5.41, 5.74) is 1.83. The lowest BCUT2D eigenvalue weighted by Gasteiger charge is -2.54. The predicted octanol–water partition coefficient (Wildman–Crippen LogP) is 2.48. The molecule has 1 unspecified atom stereocenters. The molecule has 0 aromatic heterocycles. The van der Waals surface area contributed by atoms with Crippen LogP contribution < -0.4 is 10.1 Å². The number of nitrogens with zero attached hydrogens (tertiary/aromatic N) is 4. The Morgan fingerprint density at radius 1 is 1.11 bits per heavy atom. The first-order valence-electron chi connectivity index (χ1n) is 12.2. The Bertz CT molecular complexity index is 1150. The van der Waals surface area contributed by atoms with Crippen molar-refractivity contribution >= 4 is 17.8 Å². The van der Waals surface area contributed by atoms with Gasteiger partial charge in [-0.1, -0.05) is 42.5 Å². The zero-order valence-corrected chi connectivity index (χ0v) is 21.3. The van der Waals surface area contributed by atoms with Gasteiger partial charge in [0.15, 0.2) is 0 Å². The van der Waals surface area contributed by atoms with E-state index in [-0.39, 0.29) is 49.7 Å². The number of amides is 4. The standard InChI is InChI=1S/C27H33N5O5/c1-4-21(33)14-23-26(35)30(16-20-8-6-5-7-9-20)17-24-31(23)25(34)18-29(2)32(24)27(36)28-15-19-10-12-22(37-3)13-11-19/h4-13,23-24,33H,14-18H2,1-3H3,(H,28,36)/b21-4-/t23?,24-/m0/s1. The van der Waals surface area contributed by atoms with Gasteiger partial charge in [0.2, 0.25) is 11.8 Å². The van der Waals surface area contributed by atoms with Crippen molar-refractivity contribution < 1.29 is 24.2 Å². The first-order chi connectivity index (χ1) is 17.8. The molecule has 4 rings (SSSR count). The number of likely N-dealkylation sites (N-methyl/N-ethyl adjacent to an activating group) is 1. The Morgan fingerprint density at radius 2 is 1.81 bits per heavy atom. The number of hydrazine groups is 1. The minimum atomic E-state index is -0.920. The van der Waals surface area contributed by atoms with Gasteiger partial charge in [0.1, 0.15) is 18.0 Å². The molecule has 2 fully saturated rings. The summed E-state index contributed by atoms with van der Waals surface area (Å²) in [7, 11) is 3.27. The van der Waals surface area contributed by atoms with Crippen LogP contribution in [0.2, 0.25) is 0 Å². The van der Waals surface area contributed by atoms with Gasteiger partial charge in [-0.05, 0) is 36.3 Å². The molecule has 196 valence electrons. The highest BCUT2D eigenvalue weighted by atomic mass is 16.5. The summed E-state index contributed by atoms with van der Waals surface area (Å²) in [5.74, 6) is 0.208. The van der Waals surface area contributed by atoms with Crippen molar-refractivity contribution in [2.24, 2.45) is 0 Å². The van der Waals surface area contributed by atoms with E-state index in [1.54, 1.807) is 31.0 Å². The molecule has 10 heteroatoms. The average Bonchev–Trinajstić information content (AvgIpc) is 2.90. The van der Waals surface area contributed by atoms with E-state index in [0.717, 1.165) is 16.9 Å². The monoisotopic (exact) mass is 507 g/mol. The highest BCUT2D eigenvalue weighted by molar-refractivity contribution is 5.91. The number of ether oxygens (including phenoxy) is 1. The third-order valence-corrected chi connectivity index (χ3v) is 6.70. The first-order valence-corrected chi connectivity index (χ1v) is 12.2. The molecule has 37 heavy (non-hydrogen) atoms. The number of nitrogens with one attached hydrogen (secondary N) is 1. The van der Waals surface area contributed by atoms with Crippen LogP contribution in [-0.2, 0) is 22.7 Å². The summed E-state index contributed by atoms with van der Waals surface area (Å²) in [6, 6.07) is 15.6. The van der Waals surface area contributed by atoms with Crippen molar-refractivity contribution in [3.8, 4) is 5.75 Å². The number of fused-ring (bicyclic) bond motifs is 1. The minimum Gasteiger partial charge on any atom is -0.513 e. The van der Waals surface area contributed by atoms with E-state index in [1.807, 2.05) is 54.6 Å². The lowest BCUT2D eigenvalue weighted by Crippen LogP contribution is -2.75. The number of methoxy groups -OCH3 is 1. The van der Waals surface area contributed by atoms with Crippen molar-refractivity contribution in [2.75, 3.05) is 27.2 Å². The van der Waals surface area contributed by atoms with Crippen LogP contribution in [0.25, 0.3) is 0 Å². The molecule has 2 atom stereocenters. The smallest absolute Gasteiger partial charge is 0.334 e. The van der Waals surface area contributed by atoms with Gasteiger partial charge in [0, 0.05) is 26.6 Å². The molecule has 2 heterocycles. The fourth-order valence-corrected chi connectivity index (χ4v) is 4.77. The van der Waals surface area contributed by atoms with Gasteiger partial charge < -0.3 is 25.0 Å². The summed E-state index contributed by atoms with van der Waals surface area (Å²) in [6.07, 6.45) is 0.768. The molecular weight excluding hydrogens is 474 g/mol. The number of piperazine rings is 1. The summed E-state index contributed by atoms with van der Waals surface area (Å²) < 4.78 is 5.19. The summed E-state index contributed by atoms with van der Waals surface area (Å²) in [5, 5.41) is 16.3. The summed E-state index contributed by atoms with van der Waals surface area (Å²) in [4.78, 5) is 43.3. The number of carbonyl (C=O) groups is 3. The predicted molar refractivity (Wildman–Crippen MR) is 137 cm³/mol. The van der Waals surface area contributed by atoms with Crippen molar-refractivity contribution in [3.63, 3.8) is 0 Å². The molecule has 0 aliphatic carbocycles. The number of benzene rings is 2. The zero-order chi connectivity index (χ0) is 26.5. The molecule has 0 radical (unpaired) electrons. The molecular formula is C27H33N5O5. The van der Waals surface area contributed by atoms with Crippen LogP contribution >= 0.6 is 0 Å². The zero-order valence-electron chi connectivity index (χ0n) is 21.3. The van der Waals surface area contributed by atoms with E-state index in [4.69, 9.17) is 4.74 Å². The van der Waals surface area contributed by atoms with Gasteiger partial charge in [-0.15, -0.1) is 0 Å². The van der Waals surface area contributed by atoms with Crippen LogP contribution in [-0.4, -0.2) is 82.2 Å². The quantitative estimate of drug-likeness (QED) is 0.558. The molecule has 0 spiro atoms. The SMILES string of the molecule is C/C=C(\O)CC1C(=O)N(Cc2ccccc2)C[C@H]2N1C(=O)CN(C)N2C(=O)NCc1ccc(OC)cc1. The summed E-state index contributed by atoms with van der Waals surface area (Å²) >= 11 is 0. The molecule has 0 bridgehead atoms. The van der Waals surface area contributed by atoms with E-state index >= 15 is 0 Å². The summed E-state index contributed by atoms with van der Waals surface area (Å²) in [6.45, 7) is 2.37. The fraction of sp³-hybridized carbons (Fsp3) is 0.370. The molecule has 2 aliphatic rings. The lowest BCUT2D eigenvalue weighted by atomic mass is 10.0. The second-order valence-corrected chi connectivity index (χ2v) is 9.15. The van der Waals surface area contributed by atoms with Crippen LogP contribution in [0.15, 0.2) is 66.4 Å². The number of hydrogen-bond donors (Lipinski definition) is 2. The van der Waals surface area contributed by atoms with Gasteiger partial charge >= 0.3 is 6.03 Å². The van der Waals surface area contributed by atoms with Crippen LogP contribution in [0.3, 0.4) is 0 Å². The molecule has 4 amide bonds. The van der Waals surface area contributed by atoms with Crippen molar-refractivity contribution in [1.82, 2.24) is 25.1 Å². The Kier molecular flexibility index (Phi) is 7.98. The second-order valence-electron chi connectivity index (χ2n) is 9.15. The van der Waals surface area contributed by atoms with Crippen molar-refractivity contribution in [2.45, 2.75) is 38.6 Å². The number of allylic oxidation sites excluding steroid dienone is 1. The molecule has 0 saturated carbocycles. The van der Waals surface area contributed by atoms with Crippen LogP contribution in [0.5, 0.6) is 5.75 Å². The maximum atomic E-state index is 13.6. The van der Waals surface area contributed by atoms with Gasteiger partial charge in [-0.3, -0.25) is 9.59 Å². The van der Waals surface area contributed by atoms with E-state index in [0.29, 0.717) is 6.54 Å². The molecule has 2 saturated heterocycles. The number of rotatable bonds is 7. The van der Waals surface area contributed by atoms with E-state index in [2.05, 4.69) is 5.32 Å². The number of aliphatic hydroxyl groups excluding tert-OH is 1. The lowest BCUT2D eigenvalue weighted by molar-refractivity contribution is -0.187. The Balaban J connectivity index is 1.60. The van der Waals surface area contributed by atoms with E-state index in [9.17, 15) is 19.5 Å². The first kappa shape index (κ1) is 26.0. The highest BCUT2D eigenvalue weighted by Crippen LogP contribution is 2.29. The minimum absolute atomic E-state index is 0.0147. The maximum absolute atomic E-state index is 13.6. The number of carbonyl (C=O) groups excluding carboxylic acids is 3. The largest absolute Gasteiger partial charge is 0.513 e. The maximum Gasteiger partial charge on any atom is 0.334 e. The molecule has 2 aromatic rings. The van der Waals surface area contributed by atoms with Gasteiger partial charge in [-0.2, -0.15) is 0 Å². The Morgan fingerprint density at radius 3 is 2.46 bits per heavy atom. The number of hydrogen-bond acceptors (Lipinski definition) is 6. The van der Waals surface area contributed by atoms with Crippen LogP contribution in [0.1, 0.15) is 24.5 Å². The molecule has 2 aromatic carbocycles. The van der Waals surface area contributed by atoms with Crippen molar-refractivity contribution in [1.29, 1.82) is 0 Å². The third-order valence-electron chi connectivity index (χ3n) is 6.70. The second kappa shape index (κ2) is 11.3.